The first-order valence-corrected chi connectivity index (χ1v) is 4.73. The first kappa shape index (κ1) is 12.0. The van der Waals surface area contributed by atoms with Crippen LogP contribution in [0.4, 0.5) is 11.5 Å². The summed E-state index contributed by atoms with van der Waals surface area (Å²) < 4.78 is 0. The molecule has 0 saturated carbocycles. The molecule has 8 heteroatoms. The van der Waals surface area contributed by atoms with E-state index in [2.05, 4.69) is 15.5 Å². The molecule has 0 aliphatic rings. The monoisotopic (exact) mass is 228 g/mol. The van der Waals surface area contributed by atoms with Gasteiger partial charge in [-0.2, -0.15) is 0 Å². The fourth-order valence-electron chi connectivity index (χ4n) is 1.26. The molecule has 1 aromatic rings. The fourth-order valence-corrected chi connectivity index (χ4v) is 1.26. The number of nitro groups is 1. The third-order valence-corrected chi connectivity index (χ3v) is 2.01. The van der Waals surface area contributed by atoms with Crippen molar-refractivity contribution in [3.8, 4) is 0 Å². The van der Waals surface area contributed by atoms with Crippen LogP contribution in [-0.2, 0) is 4.79 Å². The van der Waals surface area contributed by atoms with E-state index in [9.17, 15) is 14.9 Å². The van der Waals surface area contributed by atoms with Crippen LogP contribution in [0.2, 0.25) is 0 Å². The lowest BCUT2D eigenvalue weighted by molar-refractivity contribution is -0.388. The van der Waals surface area contributed by atoms with E-state index >= 15 is 0 Å². The number of carbonyl (C=O) groups is 1. The first-order valence-electron chi connectivity index (χ1n) is 4.73. The van der Waals surface area contributed by atoms with Crippen molar-refractivity contribution in [1.29, 1.82) is 0 Å². The number of rotatable bonds is 6. The van der Waals surface area contributed by atoms with Crippen molar-refractivity contribution in [3.63, 3.8) is 0 Å². The Morgan fingerprint density at radius 3 is 3.00 bits per heavy atom. The number of aromatic nitrogens is 2. The molecule has 1 unspecified atom stereocenters. The summed E-state index contributed by atoms with van der Waals surface area (Å²) in [5.41, 5.74) is 0.0888. The van der Waals surface area contributed by atoms with Gasteiger partial charge in [0.05, 0.1) is 0 Å². The van der Waals surface area contributed by atoms with Gasteiger partial charge in [-0.3, -0.25) is 0 Å². The highest BCUT2D eigenvalue weighted by atomic mass is 16.6. The molecule has 0 spiro atoms. The van der Waals surface area contributed by atoms with Crippen molar-refractivity contribution >= 4 is 17.5 Å². The number of nitrogens with zero attached hydrogens (tertiary/aromatic N) is 2. The van der Waals surface area contributed by atoms with E-state index in [1.54, 1.807) is 0 Å². The third kappa shape index (κ3) is 2.69. The Balaban J connectivity index is 2.81. The maximum atomic E-state index is 10.8. The minimum Gasteiger partial charge on any atom is -0.480 e. The molecule has 0 aliphatic heterocycles. The molecular formula is C8H12N4O4. The van der Waals surface area contributed by atoms with Crippen LogP contribution >= 0.6 is 0 Å². The van der Waals surface area contributed by atoms with Crippen LogP contribution in [0, 0.1) is 10.1 Å². The molecule has 16 heavy (non-hydrogen) atoms. The van der Waals surface area contributed by atoms with Gasteiger partial charge in [0.25, 0.3) is 0 Å². The van der Waals surface area contributed by atoms with Gasteiger partial charge in [0.15, 0.2) is 5.69 Å². The van der Waals surface area contributed by atoms with Gasteiger partial charge in [-0.15, -0.1) is 5.10 Å². The molecule has 1 aromatic heterocycles. The van der Waals surface area contributed by atoms with Crippen LogP contribution in [0.5, 0.6) is 0 Å². The lowest BCUT2D eigenvalue weighted by Crippen LogP contribution is -2.29. The third-order valence-electron chi connectivity index (χ3n) is 2.01. The lowest BCUT2D eigenvalue weighted by Gasteiger charge is -2.12. The summed E-state index contributed by atoms with van der Waals surface area (Å²) in [4.78, 5) is 20.7. The van der Waals surface area contributed by atoms with Gasteiger partial charge in [0.2, 0.25) is 0 Å². The van der Waals surface area contributed by atoms with E-state index in [0.717, 1.165) is 0 Å². The summed E-state index contributed by atoms with van der Waals surface area (Å²) in [5, 5.41) is 27.7. The largest absolute Gasteiger partial charge is 0.480 e. The average Bonchev–Trinajstić information content (AvgIpc) is 2.65. The highest BCUT2D eigenvalue weighted by molar-refractivity contribution is 5.78. The van der Waals surface area contributed by atoms with Gasteiger partial charge in [0.1, 0.15) is 12.2 Å². The molecule has 1 heterocycles. The van der Waals surface area contributed by atoms with E-state index < -0.39 is 16.9 Å². The number of aliphatic carboxylic acids is 1. The molecule has 0 radical (unpaired) electrons. The van der Waals surface area contributed by atoms with Gasteiger partial charge in [-0.25, -0.2) is 4.79 Å². The highest BCUT2D eigenvalue weighted by Gasteiger charge is 2.22. The molecule has 88 valence electrons. The Labute approximate surface area is 90.8 Å². The normalized spacial score (nSPS) is 12.1. The van der Waals surface area contributed by atoms with Crippen LogP contribution < -0.4 is 5.32 Å². The molecule has 1 atom stereocenters. The molecule has 0 saturated heterocycles. The second kappa shape index (κ2) is 5.10. The van der Waals surface area contributed by atoms with E-state index in [4.69, 9.17) is 5.11 Å². The smallest absolute Gasteiger partial charge is 0.366 e. The van der Waals surface area contributed by atoms with Crippen LogP contribution in [0.3, 0.4) is 0 Å². The number of nitrogens with one attached hydrogen (secondary N) is 2. The summed E-state index contributed by atoms with van der Waals surface area (Å²) in [6, 6.07) is -0.846. The standard InChI is InChI=1S/C8H12N4O4/c1-2-3-5(8(13)14)10-6-4-9-11-7(6)12(15)16/h4-5,10H,2-3H2,1H3,(H,9,11)(H,13,14). The zero-order valence-electron chi connectivity index (χ0n) is 8.64. The number of anilines is 1. The van der Waals surface area contributed by atoms with E-state index in [0.29, 0.717) is 12.8 Å². The van der Waals surface area contributed by atoms with Crippen molar-refractivity contribution in [2.45, 2.75) is 25.8 Å². The predicted octanol–water partition coefficient (Wildman–Crippen LogP) is 0.983. The number of hydrogen-bond donors (Lipinski definition) is 3. The first-order chi connectivity index (χ1) is 7.56. The van der Waals surface area contributed by atoms with E-state index in [1.165, 1.54) is 6.20 Å². The number of carboxylic acids is 1. The maximum Gasteiger partial charge on any atom is 0.366 e. The van der Waals surface area contributed by atoms with Crippen molar-refractivity contribution in [3.05, 3.63) is 16.3 Å². The molecule has 1 rings (SSSR count). The van der Waals surface area contributed by atoms with Gasteiger partial charge in [0, 0.05) is 0 Å². The minimum absolute atomic E-state index is 0.0888. The Bertz CT molecular complexity index is 389. The molecule has 0 amide bonds. The number of carboxylic acid groups (broad SMARTS) is 1. The average molecular weight is 228 g/mol. The van der Waals surface area contributed by atoms with Crippen molar-refractivity contribution < 1.29 is 14.8 Å². The second-order valence-corrected chi connectivity index (χ2v) is 3.21. The summed E-state index contributed by atoms with van der Waals surface area (Å²) in [5.74, 6) is -1.38. The lowest BCUT2D eigenvalue weighted by atomic mass is 10.1. The summed E-state index contributed by atoms with van der Waals surface area (Å²) in [6.45, 7) is 1.83. The van der Waals surface area contributed by atoms with Crippen LogP contribution in [0.1, 0.15) is 19.8 Å². The molecule has 0 fully saturated rings. The van der Waals surface area contributed by atoms with Gasteiger partial charge < -0.3 is 20.5 Å². The van der Waals surface area contributed by atoms with E-state index in [-0.39, 0.29) is 11.5 Å². The second-order valence-electron chi connectivity index (χ2n) is 3.21. The van der Waals surface area contributed by atoms with Crippen molar-refractivity contribution in [2.75, 3.05) is 5.32 Å². The Kier molecular flexibility index (Phi) is 3.81. The molecule has 8 nitrogen and oxygen atoms in total. The minimum atomic E-state index is -1.04. The van der Waals surface area contributed by atoms with Crippen molar-refractivity contribution in [1.82, 2.24) is 10.2 Å². The summed E-state index contributed by atoms with van der Waals surface area (Å²) in [7, 11) is 0. The summed E-state index contributed by atoms with van der Waals surface area (Å²) >= 11 is 0. The van der Waals surface area contributed by atoms with Crippen LogP contribution in [0.25, 0.3) is 0 Å². The van der Waals surface area contributed by atoms with Gasteiger partial charge in [-0.05, 0) is 11.3 Å². The molecule has 0 aliphatic carbocycles. The summed E-state index contributed by atoms with van der Waals surface area (Å²) in [6.07, 6.45) is 2.25. The highest BCUT2D eigenvalue weighted by Crippen LogP contribution is 2.21. The molecular weight excluding hydrogens is 216 g/mol. The molecule has 3 N–H and O–H groups in total. The Morgan fingerprint density at radius 2 is 2.50 bits per heavy atom. The van der Waals surface area contributed by atoms with Crippen molar-refractivity contribution in [2.24, 2.45) is 0 Å². The number of aromatic amines is 1. The zero-order chi connectivity index (χ0) is 12.1. The molecule has 0 aromatic carbocycles. The van der Waals surface area contributed by atoms with Gasteiger partial charge >= 0.3 is 11.8 Å². The predicted molar refractivity (Wildman–Crippen MR) is 55.2 cm³/mol. The SMILES string of the molecule is CCCC(Nc1cn[nH]c1[N+](=O)[O-])C(=O)O. The Morgan fingerprint density at radius 1 is 1.81 bits per heavy atom. The fraction of sp³-hybridized carbons (Fsp3) is 0.500. The van der Waals surface area contributed by atoms with Crippen LogP contribution in [0.15, 0.2) is 6.20 Å². The van der Waals surface area contributed by atoms with Crippen LogP contribution in [-0.4, -0.2) is 32.2 Å². The maximum absolute atomic E-state index is 10.8. The number of H-pyrrole nitrogens is 1. The zero-order valence-corrected chi connectivity index (χ0v) is 8.64. The quantitative estimate of drug-likeness (QED) is 0.493. The Hall–Kier alpha value is -2.12. The molecule has 0 bridgehead atoms. The van der Waals surface area contributed by atoms with Gasteiger partial charge in [-0.1, -0.05) is 18.4 Å². The number of hydrogen-bond acceptors (Lipinski definition) is 5. The van der Waals surface area contributed by atoms with E-state index in [1.807, 2.05) is 6.92 Å². The topological polar surface area (TPSA) is 121 Å².